The van der Waals surface area contributed by atoms with E-state index in [1.165, 1.54) is 6.92 Å². The molecule has 0 aliphatic carbocycles. The molecule has 1 fully saturated rings. The van der Waals surface area contributed by atoms with Crippen molar-refractivity contribution in [2.45, 2.75) is 39.2 Å². The minimum Gasteiger partial charge on any atom is -0.459 e. The second-order valence-electron chi connectivity index (χ2n) is 3.89. The van der Waals surface area contributed by atoms with E-state index in [0.29, 0.717) is 19.6 Å². The van der Waals surface area contributed by atoms with E-state index in [1.807, 2.05) is 0 Å². The Balaban J connectivity index is 2.23. The fourth-order valence-electron chi connectivity index (χ4n) is 1.55. The topological polar surface area (TPSA) is 52.6 Å². The SMILES string of the molecule is CCCCOC[C@H]1C[C@@H](C(C)=O)C(=O)O1. The van der Waals surface area contributed by atoms with Crippen molar-refractivity contribution in [3.05, 3.63) is 0 Å². The lowest BCUT2D eigenvalue weighted by atomic mass is 10.0. The Bertz CT molecular complexity index is 237. The summed E-state index contributed by atoms with van der Waals surface area (Å²) in [6.07, 6.45) is 2.33. The fraction of sp³-hybridized carbons (Fsp3) is 0.818. The Hall–Kier alpha value is -0.900. The van der Waals surface area contributed by atoms with Crippen LogP contribution in [0, 0.1) is 5.92 Å². The first kappa shape index (κ1) is 12.2. The maximum atomic E-state index is 11.2. The van der Waals surface area contributed by atoms with Gasteiger partial charge >= 0.3 is 5.97 Å². The Kier molecular flexibility index (Phi) is 4.75. The number of ketones is 1. The molecule has 2 atom stereocenters. The summed E-state index contributed by atoms with van der Waals surface area (Å²) in [4.78, 5) is 22.3. The zero-order chi connectivity index (χ0) is 11.3. The normalized spacial score (nSPS) is 25.3. The van der Waals surface area contributed by atoms with E-state index < -0.39 is 11.9 Å². The van der Waals surface area contributed by atoms with Gasteiger partial charge in [0.25, 0.3) is 0 Å². The Morgan fingerprint density at radius 2 is 2.33 bits per heavy atom. The zero-order valence-electron chi connectivity index (χ0n) is 9.32. The summed E-state index contributed by atoms with van der Waals surface area (Å²) in [5, 5.41) is 0. The van der Waals surface area contributed by atoms with E-state index in [-0.39, 0.29) is 11.9 Å². The van der Waals surface area contributed by atoms with Crippen molar-refractivity contribution >= 4 is 11.8 Å². The van der Waals surface area contributed by atoms with E-state index in [9.17, 15) is 9.59 Å². The second-order valence-corrected chi connectivity index (χ2v) is 3.89. The number of unbranched alkanes of at least 4 members (excludes halogenated alkanes) is 1. The monoisotopic (exact) mass is 214 g/mol. The van der Waals surface area contributed by atoms with Gasteiger partial charge in [0.2, 0.25) is 0 Å². The first-order valence-corrected chi connectivity index (χ1v) is 5.43. The van der Waals surface area contributed by atoms with Gasteiger partial charge < -0.3 is 9.47 Å². The quantitative estimate of drug-likeness (QED) is 0.380. The van der Waals surface area contributed by atoms with Crippen LogP contribution in [0.25, 0.3) is 0 Å². The lowest BCUT2D eigenvalue weighted by Crippen LogP contribution is -2.16. The molecule has 0 saturated carbocycles. The van der Waals surface area contributed by atoms with Gasteiger partial charge in [0, 0.05) is 13.0 Å². The highest BCUT2D eigenvalue weighted by molar-refractivity contribution is 5.98. The van der Waals surface area contributed by atoms with Gasteiger partial charge in [-0.05, 0) is 13.3 Å². The zero-order valence-corrected chi connectivity index (χ0v) is 9.32. The molecule has 0 aromatic heterocycles. The van der Waals surface area contributed by atoms with Gasteiger partial charge in [0.1, 0.15) is 17.8 Å². The average molecular weight is 214 g/mol. The maximum absolute atomic E-state index is 11.2. The van der Waals surface area contributed by atoms with E-state index in [0.717, 1.165) is 12.8 Å². The summed E-state index contributed by atoms with van der Waals surface area (Å²) in [6.45, 7) is 4.61. The van der Waals surface area contributed by atoms with Crippen LogP contribution in [0.15, 0.2) is 0 Å². The fourth-order valence-corrected chi connectivity index (χ4v) is 1.55. The van der Waals surface area contributed by atoms with Crippen molar-refractivity contribution < 1.29 is 19.1 Å². The Morgan fingerprint density at radius 1 is 1.60 bits per heavy atom. The molecule has 1 aliphatic rings. The van der Waals surface area contributed by atoms with Crippen molar-refractivity contribution in [2.24, 2.45) is 5.92 Å². The Labute approximate surface area is 89.9 Å². The van der Waals surface area contributed by atoms with Gasteiger partial charge in [-0.25, -0.2) is 0 Å². The van der Waals surface area contributed by atoms with Crippen molar-refractivity contribution in [3.8, 4) is 0 Å². The molecule has 0 N–H and O–H groups in total. The molecule has 4 heteroatoms. The highest BCUT2D eigenvalue weighted by Gasteiger charge is 2.37. The molecule has 0 amide bonds. The van der Waals surface area contributed by atoms with E-state index in [4.69, 9.17) is 9.47 Å². The number of cyclic esters (lactones) is 1. The molecule has 1 aliphatic heterocycles. The van der Waals surface area contributed by atoms with Gasteiger partial charge in [-0.2, -0.15) is 0 Å². The van der Waals surface area contributed by atoms with Gasteiger partial charge in [0.05, 0.1) is 6.61 Å². The first-order chi connectivity index (χ1) is 7.15. The van der Waals surface area contributed by atoms with Gasteiger partial charge in [-0.1, -0.05) is 13.3 Å². The van der Waals surface area contributed by atoms with Crippen molar-refractivity contribution in [1.82, 2.24) is 0 Å². The van der Waals surface area contributed by atoms with Gasteiger partial charge in [0.15, 0.2) is 0 Å². The lowest BCUT2D eigenvalue weighted by Gasteiger charge is -2.08. The van der Waals surface area contributed by atoms with Crippen molar-refractivity contribution in [1.29, 1.82) is 0 Å². The second kappa shape index (κ2) is 5.85. The number of carbonyl (C=O) groups excluding carboxylic acids is 2. The summed E-state index contributed by atoms with van der Waals surface area (Å²) in [7, 11) is 0. The van der Waals surface area contributed by atoms with E-state index in [1.54, 1.807) is 0 Å². The number of hydrogen-bond donors (Lipinski definition) is 0. The molecule has 4 nitrogen and oxygen atoms in total. The summed E-state index contributed by atoms with van der Waals surface area (Å²) < 4.78 is 10.4. The van der Waals surface area contributed by atoms with Gasteiger partial charge in [-0.15, -0.1) is 0 Å². The predicted octanol–water partition coefficient (Wildman–Crippen LogP) is 1.32. The molecule has 1 rings (SSSR count). The number of rotatable bonds is 6. The summed E-state index contributed by atoms with van der Waals surface area (Å²) in [5.41, 5.74) is 0. The van der Waals surface area contributed by atoms with Crippen molar-refractivity contribution in [2.75, 3.05) is 13.2 Å². The highest BCUT2D eigenvalue weighted by atomic mass is 16.6. The molecule has 0 bridgehead atoms. The van der Waals surface area contributed by atoms with Crippen LogP contribution in [0.2, 0.25) is 0 Å². The van der Waals surface area contributed by atoms with Crippen LogP contribution in [-0.4, -0.2) is 31.1 Å². The molecule has 15 heavy (non-hydrogen) atoms. The molecule has 0 spiro atoms. The number of carbonyl (C=O) groups is 2. The van der Waals surface area contributed by atoms with E-state index >= 15 is 0 Å². The third-order valence-electron chi connectivity index (χ3n) is 2.50. The summed E-state index contributed by atoms with van der Waals surface area (Å²) in [5.74, 6) is -1.08. The number of ether oxygens (including phenoxy) is 2. The number of Topliss-reactive ketones (excluding diaryl/α,β-unsaturated/α-hetero) is 1. The molecule has 0 aromatic carbocycles. The number of esters is 1. The molecular weight excluding hydrogens is 196 g/mol. The van der Waals surface area contributed by atoms with Crippen LogP contribution < -0.4 is 0 Å². The summed E-state index contributed by atoms with van der Waals surface area (Å²) in [6, 6.07) is 0. The molecule has 1 saturated heterocycles. The van der Waals surface area contributed by atoms with Crippen LogP contribution in [0.1, 0.15) is 33.1 Å². The van der Waals surface area contributed by atoms with Crippen molar-refractivity contribution in [3.63, 3.8) is 0 Å². The van der Waals surface area contributed by atoms with Crippen LogP contribution in [0.5, 0.6) is 0 Å². The lowest BCUT2D eigenvalue weighted by molar-refractivity contribution is -0.148. The molecule has 0 unspecified atom stereocenters. The molecular formula is C11H18O4. The van der Waals surface area contributed by atoms with Crippen LogP contribution in [-0.2, 0) is 19.1 Å². The van der Waals surface area contributed by atoms with Crippen LogP contribution in [0.4, 0.5) is 0 Å². The third kappa shape index (κ3) is 3.63. The van der Waals surface area contributed by atoms with Crippen LogP contribution in [0.3, 0.4) is 0 Å². The Morgan fingerprint density at radius 3 is 2.87 bits per heavy atom. The summed E-state index contributed by atoms with van der Waals surface area (Å²) >= 11 is 0. The minimum absolute atomic E-state index is 0.115. The molecule has 86 valence electrons. The standard InChI is InChI=1S/C11H18O4/c1-3-4-5-14-7-9-6-10(8(2)12)11(13)15-9/h9-10H,3-7H2,1-2H3/t9-,10+/m1/s1. The average Bonchev–Trinajstić information content (AvgIpc) is 2.55. The third-order valence-corrected chi connectivity index (χ3v) is 2.50. The molecule has 0 radical (unpaired) electrons. The predicted molar refractivity (Wildman–Crippen MR) is 54.4 cm³/mol. The number of hydrogen-bond acceptors (Lipinski definition) is 4. The minimum atomic E-state index is -0.565. The highest BCUT2D eigenvalue weighted by Crippen LogP contribution is 2.22. The molecule has 0 aromatic rings. The van der Waals surface area contributed by atoms with Crippen LogP contribution >= 0.6 is 0 Å². The first-order valence-electron chi connectivity index (χ1n) is 5.43. The largest absolute Gasteiger partial charge is 0.459 e. The van der Waals surface area contributed by atoms with Gasteiger partial charge in [-0.3, -0.25) is 9.59 Å². The molecule has 1 heterocycles. The maximum Gasteiger partial charge on any atom is 0.316 e. The smallest absolute Gasteiger partial charge is 0.316 e. The van der Waals surface area contributed by atoms with E-state index in [2.05, 4.69) is 6.92 Å².